The maximum atomic E-state index is 11.5. The van der Waals surface area contributed by atoms with Crippen molar-refractivity contribution in [3.63, 3.8) is 0 Å². The second-order valence-electron chi connectivity index (χ2n) is 4.84. The first-order valence-corrected chi connectivity index (χ1v) is 6.75. The van der Waals surface area contributed by atoms with Gasteiger partial charge in [0.25, 0.3) is 0 Å². The molecule has 2 N–H and O–H groups in total. The minimum Gasteiger partial charge on any atom is -0.465 e. The van der Waals surface area contributed by atoms with Gasteiger partial charge in [-0.3, -0.25) is 4.57 Å². The Morgan fingerprint density at radius 2 is 2.14 bits per heavy atom. The van der Waals surface area contributed by atoms with Crippen molar-refractivity contribution in [2.75, 3.05) is 7.11 Å². The lowest BCUT2D eigenvalue weighted by Crippen LogP contribution is -2.14. The van der Waals surface area contributed by atoms with Crippen LogP contribution in [0.4, 0.5) is 0 Å². The molecule has 0 spiro atoms. The lowest BCUT2D eigenvalue weighted by molar-refractivity contribution is 0.0600. The third-order valence-corrected chi connectivity index (χ3v) is 3.25. The van der Waals surface area contributed by atoms with E-state index in [0.29, 0.717) is 22.9 Å². The molecular formula is C15H15N5O2. The number of esters is 1. The number of nitrogens with two attached hydrogens (primary N) is 1. The number of imidazole rings is 1. The highest BCUT2D eigenvalue weighted by molar-refractivity contribution is 5.89. The molecule has 0 aliphatic rings. The molecule has 0 saturated carbocycles. The number of ether oxygens (including phenoxy) is 1. The maximum Gasteiger partial charge on any atom is 0.339 e. The zero-order valence-corrected chi connectivity index (χ0v) is 12.2. The average Bonchev–Trinajstić information content (AvgIpc) is 2.94. The van der Waals surface area contributed by atoms with Gasteiger partial charge in [-0.15, -0.1) is 0 Å². The SMILES string of the molecule is COC(=O)c1ccc(-n2c(C(C)N)nc3cccnc32)nc1. The van der Waals surface area contributed by atoms with Crippen LogP contribution in [0.1, 0.15) is 29.1 Å². The van der Waals surface area contributed by atoms with Crippen LogP contribution in [0.5, 0.6) is 0 Å². The number of aromatic nitrogens is 4. The summed E-state index contributed by atoms with van der Waals surface area (Å²) in [6.45, 7) is 1.85. The van der Waals surface area contributed by atoms with Crippen LogP contribution in [-0.4, -0.2) is 32.6 Å². The molecule has 0 bridgehead atoms. The van der Waals surface area contributed by atoms with Crippen LogP contribution < -0.4 is 5.73 Å². The zero-order valence-electron chi connectivity index (χ0n) is 12.2. The summed E-state index contributed by atoms with van der Waals surface area (Å²) < 4.78 is 6.46. The van der Waals surface area contributed by atoms with Gasteiger partial charge in [-0.25, -0.2) is 19.7 Å². The molecule has 0 saturated heterocycles. The summed E-state index contributed by atoms with van der Waals surface area (Å²) in [4.78, 5) is 24.6. The predicted octanol–water partition coefficient (Wildman–Crippen LogP) is 1.62. The lowest BCUT2D eigenvalue weighted by atomic mass is 10.3. The summed E-state index contributed by atoms with van der Waals surface area (Å²) >= 11 is 0. The Morgan fingerprint density at radius 1 is 1.32 bits per heavy atom. The molecule has 0 amide bonds. The van der Waals surface area contributed by atoms with Gasteiger partial charge in [-0.2, -0.15) is 0 Å². The Hall–Kier alpha value is -2.80. The number of hydrogen-bond donors (Lipinski definition) is 1. The average molecular weight is 297 g/mol. The van der Waals surface area contributed by atoms with Gasteiger partial charge in [0.2, 0.25) is 0 Å². The van der Waals surface area contributed by atoms with Gasteiger partial charge in [0.05, 0.1) is 18.7 Å². The quantitative estimate of drug-likeness (QED) is 0.738. The summed E-state index contributed by atoms with van der Waals surface area (Å²) in [7, 11) is 1.33. The summed E-state index contributed by atoms with van der Waals surface area (Å²) in [6.07, 6.45) is 3.15. The number of carbonyl (C=O) groups excluding carboxylic acids is 1. The van der Waals surface area contributed by atoms with E-state index in [1.807, 2.05) is 19.1 Å². The summed E-state index contributed by atoms with van der Waals surface area (Å²) in [5, 5.41) is 0. The van der Waals surface area contributed by atoms with Crippen LogP contribution >= 0.6 is 0 Å². The van der Waals surface area contributed by atoms with Gasteiger partial charge in [0.1, 0.15) is 17.2 Å². The van der Waals surface area contributed by atoms with Crippen LogP contribution in [-0.2, 0) is 4.74 Å². The molecule has 7 nitrogen and oxygen atoms in total. The van der Waals surface area contributed by atoms with E-state index in [2.05, 4.69) is 19.7 Å². The Morgan fingerprint density at radius 3 is 2.77 bits per heavy atom. The molecule has 0 aromatic carbocycles. The molecule has 112 valence electrons. The van der Waals surface area contributed by atoms with Crippen molar-refractivity contribution in [1.29, 1.82) is 0 Å². The van der Waals surface area contributed by atoms with Gasteiger partial charge in [-0.05, 0) is 31.2 Å². The fourth-order valence-electron chi connectivity index (χ4n) is 2.22. The highest BCUT2D eigenvalue weighted by atomic mass is 16.5. The van der Waals surface area contributed by atoms with Crippen molar-refractivity contribution < 1.29 is 9.53 Å². The van der Waals surface area contributed by atoms with Crippen LogP contribution in [0.15, 0.2) is 36.7 Å². The van der Waals surface area contributed by atoms with Gasteiger partial charge < -0.3 is 10.5 Å². The minimum absolute atomic E-state index is 0.281. The number of hydrogen-bond acceptors (Lipinski definition) is 6. The van der Waals surface area contributed by atoms with Crippen LogP contribution in [0.2, 0.25) is 0 Å². The van der Waals surface area contributed by atoms with E-state index in [9.17, 15) is 4.79 Å². The topological polar surface area (TPSA) is 95.9 Å². The molecule has 0 fully saturated rings. The molecule has 3 rings (SSSR count). The molecule has 3 aromatic heterocycles. The smallest absolute Gasteiger partial charge is 0.339 e. The van der Waals surface area contributed by atoms with E-state index in [-0.39, 0.29) is 6.04 Å². The van der Waals surface area contributed by atoms with Crippen molar-refractivity contribution in [3.8, 4) is 5.82 Å². The van der Waals surface area contributed by atoms with E-state index in [1.165, 1.54) is 13.3 Å². The third-order valence-electron chi connectivity index (χ3n) is 3.25. The predicted molar refractivity (Wildman–Crippen MR) is 80.6 cm³/mol. The molecule has 0 radical (unpaired) electrons. The van der Waals surface area contributed by atoms with Crippen molar-refractivity contribution in [1.82, 2.24) is 19.5 Å². The fourth-order valence-corrected chi connectivity index (χ4v) is 2.22. The van der Waals surface area contributed by atoms with E-state index in [4.69, 9.17) is 5.73 Å². The second kappa shape index (κ2) is 5.53. The summed E-state index contributed by atoms with van der Waals surface area (Å²) in [5.41, 5.74) is 7.80. The minimum atomic E-state index is -0.430. The van der Waals surface area contributed by atoms with Gasteiger partial charge >= 0.3 is 5.97 Å². The number of rotatable bonds is 3. The van der Waals surface area contributed by atoms with Crippen LogP contribution in [0.25, 0.3) is 17.0 Å². The molecule has 7 heteroatoms. The molecule has 1 unspecified atom stereocenters. The highest BCUT2D eigenvalue weighted by Gasteiger charge is 2.17. The van der Waals surface area contributed by atoms with E-state index < -0.39 is 5.97 Å². The van der Waals surface area contributed by atoms with E-state index >= 15 is 0 Å². The Balaban J connectivity index is 2.16. The first-order valence-electron chi connectivity index (χ1n) is 6.75. The molecule has 3 heterocycles. The first-order chi connectivity index (χ1) is 10.6. The zero-order chi connectivity index (χ0) is 15.7. The van der Waals surface area contributed by atoms with Gasteiger partial charge in [-0.1, -0.05) is 0 Å². The molecule has 1 atom stereocenters. The first kappa shape index (κ1) is 14.2. The number of nitrogens with zero attached hydrogens (tertiary/aromatic N) is 4. The van der Waals surface area contributed by atoms with Gasteiger partial charge in [0.15, 0.2) is 5.65 Å². The standard InChI is InChI=1S/C15H15N5O2/c1-9(16)13-19-11-4-3-7-17-14(11)20(13)12-6-5-10(8-18-12)15(21)22-2/h3-9H,16H2,1-2H3. The summed E-state index contributed by atoms with van der Waals surface area (Å²) in [6, 6.07) is 6.77. The summed E-state index contributed by atoms with van der Waals surface area (Å²) in [5.74, 6) is 0.827. The van der Waals surface area contributed by atoms with E-state index in [1.54, 1.807) is 22.9 Å². The maximum absolute atomic E-state index is 11.5. The number of carbonyl (C=O) groups is 1. The van der Waals surface area contributed by atoms with Gasteiger partial charge in [0, 0.05) is 12.4 Å². The highest BCUT2D eigenvalue weighted by Crippen LogP contribution is 2.21. The number of fused-ring (bicyclic) bond motifs is 1. The monoisotopic (exact) mass is 297 g/mol. The van der Waals surface area contributed by atoms with Crippen molar-refractivity contribution in [2.45, 2.75) is 13.0 Å². The van der Waals surface area contributed by atoms with Crippen molar-refractivity contribution in [3.05, 3.63) is 48.0 Å². The van der Waals surface area contributed by atoms with Crippen molar-refractivity contribution in [2.24, 2.45) is 5.73 Å². The van der Waals surface area contributed by atoms with Crippen LogP contribution in [0, 0.1) is 0 Å². The normalized spacial score (nSPS) is 12.3. The van der Waals surface area contributed by atoms with E-state index in [0.717, 1.165) is 5.52 Å². The largest absolute Gasteiger partial charge is 0.465 e. The molecule has 3 aromatic rings. The molecule has 0 aliphatic carbocycles. The molecule has 22 heavy (non-hydrogen) atoms. The second-order valence-corrected chi connectivity index (χ2v) is 4.84. The lowest BCUT2D eigenvalue weighted by Gasteiger charge is -2.10. The Labute approximate surface area is 126 Å². The molecular weight excluding hydrogens is 282 g/mol. The number of pyridine rings is 2. The Bertz CT molecular complexity index is 824. The number of methoxy groups -OCH3 is 1. The Kier molecular flexibility index (Phi) is 3.56. The van der Waals surface area contributed by atoms with Crippen molar-refractivity contribution >= 4 is 17.1 Å². The van der Waals surface area contributed by atoms with Crippen LogP contribution in [0.3, 0.4) is 0 Å². The third kappa shape index (κ3) is 2.31. The fraction of sp³-hybridized carbons (Fsp3) is 0.200. The molecule has 0 aliphatic heterocycles.